The summed E-state index contributed by atoms with van der Waals surface area (Å²) in [6.07, 6.45) is 4.06. The van der Waals surface area contributed by atoms with Gasteiger partial charge in [0, 0.05) is 6.04 Å². The molecule has 1 unspecified atom stereocenters. The summed E-state index contributed by atoms with van der Waals surface area (Å²) in [6, 6.07) is 17.2. The second-order valence-corrected chi connectivity index (χ2v) is 6.12. The number of hydrogen-bond acceptors (Lipinski definition) is 1. The summed E-state index contributed by atoms with van der Waals surface area (Å²) in [5, 5.41) is 0. The highest BCUT2D eigenvalue weighted by atomic mass is 19.1. The molecule has 0 saturated heterocycles. The molecule has 0 amide bonds. The van der Waals surface area contributed by atoms with E-state index in [1.54, 1.807) is 12.1 Å². The van der Waals surface area contributed by atoms with Gasteiger partial charge in [-0.25, -0.2) is 4.39 Å². The molecular weight excluding hydrogens is 285 g/mol. The number of benzene rings is 2. The molecule has 0 aliphatic rings. The van der Waals surface area contributed by atoms with Crippen LogP contribution in [0, 0.1) is 5.82 Å². The largest absolute Gasteiger partial charge is 0.282 e. The molecule has 120 valence electrons. The third-order valence-electron chi connectivity index (χ3n) is 3.62. The Balaban J connectivity index is 2.12. The fourth-order valence-corrected chi connectivity index (χ4v) is 2.41. The number of rotatable bonds is 6. The summed E-state index contributed by atoms with van der Waals surface area (Å²) in [5.74, 6) is -0.220. The van der Waals surface area contributed by atoms with Crippen molar-refractivity contribution in [2.75, 3.05) is 0 Å². The molecule has 1 nitrogen and oxygen atoms in total. The lowest BCUT2D eigenvalue weighted by Gasteiger charge is -2.10. The number of nitrogens with zero attached hydrogens (tertiary/aromatic N) is 1. The van der Waals surface area contributed by atoms with Crippen molar-refractivity contribution in [1.82, 2.24) is 0 Å². The number of aryl methyl sites for hydroxylation is 1. The van der Waals surface area contributed by atoms with E-state index >= 15 is 0 Å². The second kappa shape index (κ2) is 8.42. The van der Waals surface area contributed by atoms with Gasteiger partial charge in [-0.3, -0.25) is 4.99 Å². The smallest absolute Gasteiger partial charge is 0.123 e. The van der Waals surface area contributed by atoms with Gasteiger partial charge >= 0.3 is 0 Å². The molecule has 0 aliphatic carbocycles. The Morgan fingerprint density at radius 1 is 1.04 bits per heavy atom. The van der Waals surface area contributed by atoms with Crippen LogP contribution in [0.2, 0.25) is 0 Å². The van der Waals surface area contributed by atoms with Gasteiger partial charge in [0.05, 0.1) is 5.71 Å². The van der Waals surface area contributed by atoms with Crippen LogP contribution >= 0.6 is 0 Å². The maximum atomic E-state index is 13.1. The SMILES string of the molecule is CC(C)=CC(=NC(C)CCc1ccccc1)c1ccc(F)cc1. The predicted molar refractivity (Wildman–Crippen MR) is 96.6 cm³/mol. The number of halogens is 1. The van der Waals surface area contributed by atoms with E-state index in [2.05, 4.69) is 37.3 Å². The van der Waals surface area contributed by atoms with Gasteiger partial charge < -0.3 is 0 Å². The van der Waals surface area contributed by atoms with E-state index in [0.717, 1.165) is 24.1 Å². The van der Waals surface area contributed by atoms with Crippen LogP contribution in [0.25, 0.3) is 0 Å². The molecule has 0 spiro atoms. The summed E-state index contributed by atoms with van der Waals surface area (Å²) in [6.45, 7) is 6.23. The monoisotopic (exact) mass is 309 g/mol. The van der Waals surface area contributed by atoms with E-state index in [9.17, 15) is 4.39 Å². The van der Waals surface area contributed by atoms with Gasteiger partial charge in [-0.2, -0.15) is 0 Å². The van der Waals surface area contributed by atoms with Crippen molar-refractivity contribution >= 4 is 5.71 Å². The number of allylic oxidation sites excluding steroid dienone is 2. The van der Waals surface area contributed by atoms with Crippen molar-refractivity contribution < 1.29 is 4.39 Å². The Kier molecular flexibility index (Phi) is 6.28. The van der Waals surface area contributed by atoms with Crippen LogP contribution in [0.5, 0.6) is 0 Å². The quantitative estimate of drug-likeness (QED) is 0.616. The van der Waals surface area contributed by atoms with E-state index in [4.69, 9.17) is 4.99 Å². The highest BCUT2D eigenvalue weighted by molar-refractivity contribution is 6.09. The summed E-state index contributed by atoms with van der Waals surface area (Å²) in [7, 11) is 0. The standard InChI is InChI=1S/C21H24FN/c1-16(2)15-21(19-11-13-20(22)14-12-19)23-17(3)9-10-18-7-5-4-6-8-18/h4-8,11-15,17H,9-10H2,1-3H3. The van der Waals surface area contributed by atoms with E-state index < -0.39 is 0 Å². The van der Waals surface area contributed by atoms with E-state index in [1.807, 2.05) is 19.9 Å². The molecule has 2 rings (SSSR count). The van der Waals surface area contributed by atoms with Crippen LogP contribution in [-0.2, 0) is 6.42 Å². The third kappa shape index (κ3) is 5.82. The minimum atomic E-state index is -0.220. The number of hydrogen-bond donors (Lipinski definition) is 0. The molecule has 0 fully saturated rings. The van der Waals surface area contributed by atoms with Crippen LogP contribution in [0.1, 0.15) is 38.3 Å². The molecule has 2 aromatic carbocycles. The zero-order valence-corrected chi connectivity index (χ0v) is 14.1. The first-order chi connectivity index (χ1) is 11.0. The van der Waals surface area contributed by atoms with Gasteiger partial charge in [-0.05, 0) is 75.1 Å². The van der Waals surface area contributed by atoms with Crippen molar-refractivity contribution in [2.24, 2.45) is 4.99 Å². The van der Waals surface area contributed by atoms with Crippen LogP contribution in [0.3, 0.4) is 0 Å². The molecule has 0 heterocycles. The first-order valence-corrected chi connectivity index (χ1v) is 8.07. The van der Waals surface area contributed by atoms with Gasteiger partial charge in [-0.1, -0.05) is 35.9 Å². The Morgan fingerprint density at radius 2 is 1.70 bits per heavy atom. The Hall–Kier alpha value is -2.22. The van der Waals surface area contributed by atoms with Crippen LogP contribution in [0.4, 0.5) is 4.39 Å². The Morgan fingerprint density at radius 3 is 2.30 bits per heavy atom. The molecule has 0 aliphatic heterocycles. The Bertz CT molecular complexity index is 665. The van der Waals surface area contributed by atoms with E-state index in [1.165, 1.54) is 23.3 Å². The highest BCUT2D eigenvalue weighted by Gasteiger charge is 2.06. The van der Waals surface area contributed by atoms with E-state index in [-0.39, 0.29) is 11.9 Å². The number of aliphatic imine (C=N–C) groups is 1. The highest BCUT2D eigenvalue weighted by Crippen LogP contribution is 2.12. The van der Waals surface area contributed by atoms with Crippen LogP contribution < -0.4 is 0 Å². The fourth-order valence-electron chi connectivity index (χ4n) is 2.41. The lowest BCUT2D eigenvalue weighted by atomic mass is 10.0. The molecule has 0 N–H and O–H groups in total. The van der Waals surface area contributed by atoms with Crippen molar-refractivity contribution in [1.29, 1.82) is 0 Å². The van der Waals surface area contributed by atoms with Gasteiger partial charge in [-0.15, -0.1) is 0 Å². The topological polar surface area (TPSA) is 12.4 Å². The lowest BCUT2D eigenvalue weighted by Crippen LogP contribution is -2.07. The molecule has 0 saturated carbocycles. The van der Waals surface area contributed by atoms with Gasteiger partial charge in [0.2, 0.25) is 0 Å². The first kappa shape index (κ1) is 17.1. The predicted octanol–water partition coefficient (Wildman–Crippen LogP) is 5.60. The summed E-state index contributed by atoms with van der Waals surface area (Å²) < 4.78 is 13.1. The normalized spacial score (nSPS) is 12.8. The molecule has 0 bridgehead atoms. The minimum Gasteiger partial charge on any atom is -0.282 e. The van der Waals surface area contributed by atoms with Crippen molar-refractivity contribution in [2.45, 2.75) is 39.7 Å². The Labute approximate surface area is 138 Å². The summed E-state index contributed by atoms with van der Waals surface area (Å²) >= 11 is 0. The molecule has 0 aromatic heterocycles. The maximum absolute atomic E-state index is 13.1. The van der Waals surface area contributed by atoms with Gasteiger partial charge in [0.15, 0.2) is 0 Å². The molecule has 23 heavy (non-hydrogen) atoms. The van der Waals surface area contributed by atoms with E-state index in [0.29, 0.717) is 0 Å². The van der Waals surface area contributed by atoms with Crippen LogP contribution in [0.15, 0.2) is 71.2 Å². The van der Waals surface area contributed by atoms with Crippen molar-refractivity contribution in [3.63, 3.8) is 0 Å². The minimum absolute atomic E-state index is 0.214. The fraction of sp³-hybridized carbons (Fsp3) is 0.286. The molecule has 1 atom stereocenters. The zero-order valence-electron chi connectivity index (χ0n) is 14.1. The van der Waals surface area contributed by atoms with Crippen molar-refractivity contribution in [3.05, 3.63) is 83.2 Å². The second-order valence-electron chi connectivity index (χ2n) is 6.12. The average Bonchev–Trinajstić information content (AvgIpc) is 2.53. The summed E-state index contributed by atoms with van der Waals surface area (Å²) in [5.41, 5.74) is 4.40. The van der Waals surface area contributed by atoms with Crippen molar-refractivity contribution in [3.8, 4) is 0 Å². The lowest BCUT2D eigenvalue weighted by molar-refractivity contribution is 0.627. The zero-order chi connectivity index (χ0) is 16.7. The molecule has 0 radical (unpaired) electrons. The molecular formula is C21H24FN. The van der Waals surface area contributed by atoms with Crippen LogP contribution in [-0.4, -0.2) is 11.8 Å². The molecule has 2 heteroatoms. The van der Waals surface area contributed by atoms with Gasteiger partial charge in [0.25, 0.3) is 0 Å². The first-order valence-electron chi connectivity index (χ1n) is 8.07. The summed E-state index contributed by atoms with van der Waals surface area (Å²) in [4.78, 5) is 4.85. The van der Waals surface area contributed by atoms with Gasteiger partial charge in [0.1, 0.15) is 5.82 Å². The third-order valence-corrected chi connectivity index (χ3v) is 3.62. The average molecular weight is 309 g/mol. The molecule has 2 aromatic rings. The maximum Gasteiger partial charge on any atom is 0.123 e.